The maximum Gasteiger partial charge on any atom is 0.265 e. The van der Waals surface area contributed by atoms with E-state index in [-0.39, 0.29) is 11.8 Å². The van der Waals surface area contributed by atoms with Gasteiger partial charge in [-0.3, -0.25) is 9.59 Å². The fourth-order valence-electron chi connectivity index (χ4n) is 1.55. The van der Waals surface area contributed by atoms with E-state index in [1.807, 2.05) is 6.92 Å². The molecule has 0 spiro atoms. The minimum atomic E-state index is -0.236. The zero-order chi connectivity index (χ0) is 10.8. The lowest BCUT2D eigenvalue weighted by Crippen LogP contribution is -2.23. The van der Waals surface area contributed by atoms with Crippen LogP contribution in [0.25, 0.3) is 0 Å². The van der Waals surface area contributed by atoms with Gasteiger partial charge in [0.05, 0.1) is 11.1 Å². The minimum absolute atomic E-state index is 0.236. The van der Waals surface area contributed by atoms with E-state index >= 15 is 0 Å². The van der Waals surface area contributed by atoms with Crippen LogP contribution in [0, 0.1) is 0 Å². The van der Waals surface area contributed by atoms with Crippen LogP contribution in [0.15, 0.2) is 36.5 Å². The van der Waals surface area contributed by atoms with Crippen molar-refractivity contribution in [2.75, 3.05) is 0 Å². The molecule has 0 unspecified atom stereocenters. The number of amides is 2. The summed E-state index contributed by atoms with van der Waals surface area (Å²) in [7, 11) is 0. The van der Waals surface area contributed by atoms with Gasteiger partial charge in [-0.2, -0.15) is 0 Å². The molecule has 3 heteroatoms. The quantitative estimate of drug-likeness (QED) is 0.688. The fraction of sp³-hybridized carbons (Fsp3) is 0.167. The second-order valence-electron chi connectivity index (χ2n) is 3.32. The summed E-state index contributed by atoms with van der Waals surface area (Å²) in [5, 5.41) is 0. The van der Waals surface area contributed by atoms with Gasteiger partial charge in [-0.1, -0.05) is 25.1 Å². The number of hydrogen-bond acceptors (Lipinski definition) is 2. The van der Waals surface area contributed by atoms with Crippen molar-refractivity contribution in [2.24, 2.45) is 0 Å². The van der Waals surface area contributed by atoms with Crippen molar-refractivity contribution in [3.8, 4) is 0 Å². The highest BCUT2D eigenvalue weighted by Gasteiger charge is 2.33. The normalized spacial score (nSPS) is 15.1. The number of allylic oxidation sites excluding steroid dienone is 1. The van der Waals surface area contributed by atoms with E-state index in [4.69, 9.17) is 0 Å². The van der Waals surface area contributed by atoms with Crippen LogP contribution in [0.2, 0.25) is 0 Å². The zero-order valence-corrected chi connectivity index (χ0v) is 8.43. The van der Waals surface area contributed by atoms with E-state index in [1.165, 1.54) is 0 Å². The van der Waals surface area contributed by atoms with E-state index in [0.29, 0.717) is 11.1 Å². The van der Waals surface area contributed by atoms with Gasteiger partial charge in [-0.05, 0) is 18.6 Å². The van der Waals surface area contributed by atoms with Crippen LogP contribution in [0.1, 0.15) is 34.1 Å². The van der Waals surface area contributed by atoms with Gasteiger partial charge in [0.2, 0.25) is 0 Å². The van der Waals surface area contributed by atoms with E-state index in [9.17, 15) is 9.59 Å². The number of fused-ring (bicyclic) bond motifs is 1. The zero-order valence-electron chi connectivity index (χ0n) is 8.43. The van der Waals surface area contributed by atoms with Crippen LogP contribution in [0.3, 0.4) is 0 Å². The van der Waals surface area contributed by atoms with Crippen LogP contribution in [0.4, 0.5) is 0 Å². The molecule has 0 bridgehead atoms. The highest BCUT2D eigenvalue weighted by molar-refractivity contribution is 6.21. The summed E-state index contributed by atoms with van der Waals surface area (Å²) < 4.78 is 0. The Morgan fingerprint density at radius 3 is 2.13 bits per heavy atom. The Morgan fingerprint density at radius 1 is 1.13 bits per heavy atom. The highest BCUT2D eigenvalue weighted by atomic mass is 16.2. The van der Waals surface area contributed by atoms with E-state index in [0.717, 1.165) is 11.3 Å². The fourth-order valence-corrected chi connectivity index (χ4v) is 1.55. The Morgan fingerprint density at radius 2 is 1.67 bits per heavy atom. The molecule has 0 atom stereocenters. The molecule has 76 valence electrons. The lowest BCUT2D eigenvalue weighted by molar-refractivity contribution is 0.0721. The largest absolute Gasteiger partial charge is 0.268 e. The summed E-state index contributed by atoms with van der Waals surface area (Å²) in [6, 6.07) is 6.87. The maximum atomic E-state index is 11.8. The van der Waals surface area contributed by atoms with Crippen molar-refractivity contribution >= 4 is 11.8 Å². The first-order chi connectivity index (χ1) is 7.25. The predicted molar refractivity (Wildman–Crippen MR) is 56.4 cm³/mol. The van der Waals surface area contributed by atoms with Crippen LogP contribution in [-0.2, 0) is 0 Å². The molecule has 2 amide bonds. The Kier molecular flexibility index (Phi) is 2.37. The highest BCUT2D eigenvalue weighted by Crippen LogP contribution is 2.22. The summed E-state index contributed by atoms with van der Waals surface area (Å²) in [5.41, 5.74) is 0.978. The topological polar surface area (TPSA) is 37.4 Å². The summed E-state index contributed by atoms with van der Waals surface area (Å²) in [4.78, 5) is 24.7. The average molecular weight is 201 g/mol. The van der Waals surface area contributed by atoms with Gasteiger partial charge in [-0.15, -0.1) is 0 Å². The molecule has 1 aromatic rings. The van der Waals surface area contributed by atoms with Gasteiger partial charge in [0.25, 0.3) is 11.8 Å². The number of imide groups is 1. The molecule has 0 radical (unpaired) electrons. The standard InChI is InChI=1S/C12H11NO2/c1-2-3-8-13-11(14)9-6-4-5-7-10(9)12(13)15/h3-8H,2H2,1H3. The smallest absolute Gasteiger partial charge is 0.265 e. The summed E-state index contributed by atoms with van der Waals surface area (Å²) >= 11 is 0. The Bertz CT molecular complexity index is 414. The number of carbonyl (C=O) groups is 2. The molecular weight excluding hydrogens is 190 g/mol. The lowest BCUT2D eigenvalue weighted by atomic mass is 10.1. The molecule has 1 aromatic carbocycles. The van der Waals surface area contributed by atoms with Crippen molar-refractivity contribution in [3.63, 3.8) is 0 Å². The van der Waals surface area contributed by atoms with Crippen LogP contribution >= 0.6 is 0 Å². The molecule has 3 nitrogen and oxygen atoms in total. The molecule has 0 aromatic heterocycles. The first-order valence-electron chi connectivity index (χ1n) is 4.89. The third kappa shape index (κ3) is 1.46. The molecule has 15 heavy (non-hydrogen) atoms. The molecule has 0 saturated carbocycles. The van der Waals surface area contributed by atoms with E-state index in [2.05, 4.69) is 0 Å². The number of carbonyl (C=O) groups excluding carboxylic acids is 2. The van der Waals surface area contributed by atoms with Crippen LogP contribution in [-0.4, -0.2) is 16.7 Å². The first kappa shape index (κ1) is 9.65. The van der Waals surface area contributed by atoms with E-state index in [1.54, 1.807) is 36.5 Å². The molecule has 2 rings (SSSR count). The Hall–Kier alpha value is -1.90. The van der Waals surface area contributed by atoms with Crippen molar-refractivity contribution in [1.82, 2.24) is 4.90 Å². The second kappa shape index (κ2) is 3.69. The van der Waals surface area contributed by atoms with Gasteiger partial charge in [0.15, 0.2) is 0 Å². The van der Waals surface area contributed by atoms with Crippen LogP contribution in [0.5, 0.6) is 0 Å². The number of benzene rings is 1. The molecule has 1 heterocycles. The van der Waals surface area contributed by atoms with Crippen molar-refractivity contribution in [2.45, 2.75) is 13.3 Å². The van der Waals surface area contributed by atoms with Crippen molar-refractivity contribution in [3.05, 3.63) is 47.7 Å². The molecule has 0 N–H and O–H groups in total. The number of nitrogens with zero attached hydrogens (tertiary/aromatic N) is 1. The van der Waals surface area contributed by atoms with Crippen LogP contribution < -0.4 is 0 Å². The molecular formula is C12H11NO2. The molecule has 1 aliphatic heterocycles. The third-order valence-electron chi connectivity index (χ3n) is 2.32. The summed E-state index contributed by atoms with van der Waals surface area (Å²) in [6.07, 6.45) is 4.14. The van der Waals surface area contributed by atoms with Gasteiger partial charge >= 0.3 is 0 Å². The van der Waals surface area contributed by atoms with Gasteiger partial charge in [-0.25, -0.2) is 4.90 Å². The maximum absolute atomic E-state index is 11.8. The van der Waals surface area contributed by atoms with Gasteiger partial charge in [0, 0.05) is 6.20 Å². The molecule has 0 fully saturated rings. The Labute approximate surface area is 88.0 Å². The average Bonchev–Trinajstić information content (AvgIpc) is 2.51. The number of rotatable bonds is 2. The van der Waals surface area contributed by atoms with Crippen molar-refractivity contribution in [1.29, 1.82) is 0 Å². The first-order valence-corrected chi connectivity index (χ1v) is 4.89. The van der Waals surface area contributed by atoms with Gasteiger partial charge < -0.3 is 0 Å². The van der Waals surface area contributed by atoms with Crippen molar-refractivity contribution < 1.29 is 9.59 Å². The van der Waals surface area contributed by atoms with E-state index < -0.39 is 0 Å². The third-order valence-corrected chi connectivity index (χ3v) is 2.32. The molecule has 0 saturated heterocycles. The summed E-state index contributed by atoms with van der Waals surface area (Å²) in [5.74, 6) is -0.472. The number of hydrogen-bond donors (Lipinski definition) is 0. The predicted octanol–water partition coefficient (Wildman–Crippen LogP) is 2.21. The SMILES string of the molecule is CCC=CN1C(=O)c2ccccc2C1=O. The summed E-state index contributed by atoms with van der Waals surface area (Å²) in [6.45, 7) is 1.95. The monoisotopic (exact) mass is 201 g/mol. The van der Waals surface area contributed by atoms with Gasteiger partial charge in [0.1, 0.15) is 0 Å². The molecule has 0 aliphatic carbocycles. The Balaban J connectivity index is 2.41. The lowest BCUT2D eigenvalue weighted by Gasteiger charge is -2.05. The second-order valence-corrected chi connectivity index (χ2v) is 3.32. The molecule has 1 aliphatic rings. The minimum Gasteiger partial charge on any atom is -0.268 e.